The van der Waals surface area contributed by atoms with Crippen LogP contribution in [0.3, 0.4) is 0 Å². The zero-order valence-corrected chi connectivity index (χ0v) is 10.1. The number of halogens is 1. The van der Waals surface area contributed by atoms with Crippen molar-refractivity contribution in [2.75, 3.05) is 18.5 Å². The van der Waals surface area contributed by atoms with Crippen LogP contribution < -0.4 is 5.32 Å². The maximum Gasteiger partial charge on any atom is 0.163 e. The van der Waals surface area contributed by atoms with Crippen molar-refractivity contribution < 1.29 is 9.47 Å². The third-order valence-electron chi connectivity index (χ3n) is 2.32. The third-order valence-corrected chi connectivity index (χ3v) is 2.63. The Bertz CT molecular complexity index is 371. The van der Waals surface area contributed by atoms with E-state index < -0.39 is 5.79 Å². The fraction of sp³-hybridized carbons (Fsp3) is 0.545. The summed E-state index contributed by atoms with van der Waals surface area (Å²) in [5, 5.41) is 3.76. The van der Waals surface area contributed by atoms with Crippen LogP contribution in [-0.2, 0) is 9.47 Å². The predicted molar refractivity (Wildman–Crippen MR) is 62.6 cm³/mol. The molecule has 1 unspecified atom stereocenters. The summed E-state index contributed by atoms with van der Waals surface area (Å²) in [4.78, 5) is 4.14. The van der Waals surface area contributed by atoms with Gasteiger partial charge in [0.15, 0.2) is 5.79 Å². The lowest BCUT2D eigenvalue weighted by molar-refractivity contribution is -0.136. The Balaban J connectivity index is 1.87. The molecule has 1 saturated heterocycles. The van der Waals surface area contributed by atoms with Gasteiger partial charge in [0.05, 0.1) is 11.6 Å². The Morgan fingerprint density at radius 1 is 1.62 bits per heavy atom. The summed E-state index contributed by atoms with van der Waals surface area (Å²) in [6.07, 6.45) is 1.73. The predicted octanol–water partition coefficient (Wildman–Crippen LogP) is 2.30. The molecule has 2 rings (SSSR count). The van der Waals surface area contributed by atoms with Gasteiger partial charge < -0.3 is 14.8 Å². The molecule has 0 saturated carbocycles. The average Bonchev–Trinajstić information content (AvgIpc) is 2.57. The standard InChI is InChI=1S/C11H15ClN2O2/c1-11(2)15-7-8(16-11)6-14-10-9(12)4-3-5-13-10/h3-5,8H,6-7H2,1-2H3,(H,13,14). The Hall–Kier alpha value is -0.840. The summed E-state index contributed by atoms with van der Waals surface area (Å²) in [6.45, 7) is 5.03. The fourth-order valence-corrected chi connectivity index (χ4v) is 1.78. The highest BCUT2D eigenvalue weighted by atomic mass is 35.5. The van der Waals surface area contributed by atoms with E-state index in [1.54, 1.807) is 18.3 Å². The molecule has 1 aliphatic heterocycles. The van der Waals surface area contributed by atoms with Crippen LogP contribution in [0.15, 0.2) is 18.3 Å². The lowest BCUT2D eigenvalue weighted by atomic mass is 10.3. The molecule has 1 aromatic heterocycles. The van der Waals surface area contributed by atoms with Crippen molar-refractivity contribution in [1.82, 2.24) is 4.98 Å². The maximum atomic E-state index is 5.97. The van der Waals surface area contributed by atoms with Crippen LogP contribution in [-0.4, -0.2) is 30.0 Å². The van der Waals surface area contributed by atoms with Crippen molar-refractivity contribution in [3.8, 4) is 0 Å². The molecule has 0 amide bonds. The van der Waals surface area contributed by atoms with Crippen molar-refractivity contribution in [2.45, 2.75) is 25.7 Å². The molecule has 0 bridgehead atoms. The van der Waals surface area contributed by atoms with Gasteiger partial charge in [-0.05, 0) is 26.0 Å². The second kappa shape index (κ2) is 4.57. The summed E-state index contributed by atoms with van der Waals surface area (Å²) in [6, 6.07) is 3.60. The lowest BCUT2D eigenvalue weighted by Crippen LogP contribution is -2.26. The van der Waals surface area contributed by atoms with Gasteiger partial charge in [0.1, 0.15) is 11.9 Å². The minimum Gasteiger partial charge on any atom is -0.366 e. The molecule has 0 radical (unpaired) electrons. The average molecular weight is 243 g/mol. The number of ether oxygens (including phenoxy) is 2. The van der Waals surface area contributed by atoms with Crippen LogP contribution in [0.1, 0.15) is 13.8 Å². The van der Waals surface area contributed by atoms with Crippen molar-refractivity contribution >= 4 is 17.4 Å². The Morgan fingerprint density at radius 2 is 2.44 bits per heavy atom. The van der Waals surface area contributed by atoms with Gasteiger partial charge in [0, 0.05) is 12.7 Å². The van der Waals surface area contributed by atoms with Crippen LogP contribution in [0.5, 0.6) is 0 Å². The Morgan fingerprint density at radius 3 is 3.06 bits per heavy atom. The van der Waals surface area contributed by atoms with E-state index in [0.29, 0.717) is 24.0 Å². The van der Waals surface area contributed by atoms with Crippen LogP contribution >= 0.6 is 11.6 Å². The maximum absolute atomic E-state index is 5.97. The van der Waals surface area contributed by atoms with Gasteiger partial charge in [0.25, 0.3) is 0 Å². The number of rotatable bonds is 3. The van der Waals surface area contributed by atoms with Crippen molar-refractivity contribution in [3.05, 3.63) is 23.4 Å². The van der Waals surface area contributed by atoms with E-state index in [-0.39, 0.29) is 6.10 Å². The number of pyridine rings is 1. The van der Waals surface area contributed by atoms with Crippen molar-refractivity contribution in [1.29, 1.82) is 0 Å². The normalized spacial score (nSPS) is 23.3. The van der Waals surface area contributed by atoms with Gasteiger partial charge in [-0.15, -0.1) is 0 Å². The van der Waals surface area contributed by atoms with E-state index in [1.165, 1.54) is 0 Å². The first-order chi connectivity index (χ1) is 7.57. The monoisotopic (exact) mass is 242 g/mol. The third kappa shape index (κ3) is 2.84. The van der Waals surface area contributed by atoms with E-state index in [4.69, 9.17) is 21.1 Å². The highest BCUT2D eigenvalue weighted by Gasteiger charge is 2.32. The first kappa shape index (κ1) is 11.6. The first-order valence-corrected chi connectivity index (χ1v) is 5.61. The van der Waals surface area contributed by atoms with Gasteiger partial charge in [-0.1, -0.05) is 11.6 Å². The summed E-state index contributed by atoms with van der Waals surface area (Å²) < 4.78 is 11.1. The molecule has 5 heteroatoms. The van der Waals surface area contributed by atoms with Crippen LogP contribution in [0.4, 0.5) is 5.82 Å². The second-order valence-corrected chi connectivity index (χ2v) is 4.57. The topological polar surface area (TPSA) is 43.4 Å². The van der Waals surface area contributed by atoms with Crippen molar-refractivity contribution in [3.63, 3.8) is 0 Å². The fourth-order valence-electron chi connectivity index (χ4n) is 1.59. The molecule has 1 atom stereocenters. The molecule has 2 heterocycles. The molecule has 1 N–H and O–H groups in total. The highest BCUT2D eigenvalue weighted by Crippen LogP contribution is 2.23. The van der Waals surface area contributed by atoms with Crippen LogP contribution in [0.25, 0.3) is 0 Å². The number of nitrogens with zero attached hydrogens (tertiary/aromatic N) is 1. The highest BCUT2D eigenvalue weighted by molar-refractivity contribution is 6.32. The molecule has 1 aromatic rings. The molecule has 0 aliphatic carbocycles. The summed E-state index contributed by atoms with van der Waals surface area (Å²) >= 11 is 5.97. The summed E-state index contributed by atoms with van der Waals surface area (Å²) in [7, 11) is 0. The molecule has 88 valence electrons. The number of aromatic nitrogens is 1. The van der Waals surface area contributed by atoms with E-state index in [1.807, 2.05) is 13.8 Å². The van der Waals surface area contributed by atoms with Crippen molar-refractivity contribution in [2.24, 2.45) is 0 Å². The first-order valence-electron chi connectivity index (χ1n) is 5.23. The quantitative estimate of drug-likeness (QED) is 0.883. The molecule has 16 heavy (non-hydrogen) atoms. The second-order valence-electron chi connectivity index (χ2n) is 4.17. The van der Waals surface area contributed by atoms with Gasteiger partial charge in [0.2, 0.25) is 0 Å². The SMILES string of the molecule is CC1(C)OCC(CNc2ncccc2Cl)O1. The van der Waals surface area contributed by atoms with E-state index in [2.05, 4.69) is 10.3 Å². The van der Waals surface area contributed by atoms with Crippen LogP contribution in [0, 0.1) is 0 Å². The molecule has 1 aliphatic rings. The minimum atomic E-state index is -0.486. The smallest absolute Gasteiger partial charge is 0.163 e. The lowest BCUT2D eigenvalue weighted by Gasteiger charge is -2.17. The zero-order valence-electron chi connectivity index (χ0n) is 9.37. The Kier molecular flexibility index (Phi) is 3.33. The van der Waals surface area contributed by atoms with Crippen LogP contribution in [0.2, 0.25) is 5.02 Å². The number of nitrogens with one attached hydrogen (secondary N) is 1. The number of anilines is 1. The van der Waals surface area contributed by atoms with E-state index in [0.717, 1.165) is 0 Å². The van der Waals surface area contributed by atoms with Gasteiger partial charge in [-0.25, -0.2) is 4.98 Å². The molecular formula is C11H15ClN2O2. The van der Waals surface area contributed by atoms with Gasteiger partial charge in [-0.2, -0.15) is 0 Å². The molecule has 4 nitrogen and oxygen atoms in total. The van der Waals surface area contributed by atoms with E-state index in [9.17, 15) is 0 Å². The summed E-state index contributed by atoms with van der Waals surface area (Å²) in [5.41, 5.74) is 0. The molecule has 0 spiro atoms. The largest absolute Gasteiger partial charge is 0.366 e. The molecular weight excluding hydrogens is 228 g/mol. The molecule has 0 aromatic carbocycles. The summed E-state index contributed by atoms with van der Waals surface area (Å²) in [5.74, 6) is 0.192. The van der Waals surface area contributed by atoms with E-state index >= 15 is 0 Å². The zero-order chi connectivity index (χ0) is 11.6. The van der Waals surface area contributed by atoms with Gasteiger partial charge >= 0.3 is 0 Å². The van der Waals surface area contributed by atoms with Gasteiger partial charge in [-0.3, -0.25) is 0 Å². The minimum absolute atomic E-state index is 0.0353. The Labute approximate surface area is 99.9 Å². The number of hydrogen-bond acceptors (Lipinski definition) is 4. The number of hydrogen-bond donors (Lipinski definition) is 1. The molecule has 1 fully saturated rings.